The van der Waals surface area contributed by atoms with Crippen LogP contribution in [-0.2, 0) is 11.8 Å². The fourth-order valence-electron chi connectivity index (χ4n) is 1.56. The maximum absolute atomic E-state index is 11.5. The highest BCUT2D eigenvalue weighted by Crippen LogP contribution is 2.39. The number of thioether (sulfide) groups is 1. The zero-order valence-corrected chi connectivity index (χ0v) is 11.0. The van der Waals surface area contributed by atoms with Gasteiger partial charge in [0.05, 0.1) is 5.25 Å². The molecule has 1 fully saturated rings. The van der Waals surface area contributed by atoms with Gasteiger partial charge in [0, 0.05) is 13.0 Å². The Bertz CT molecular complexity index is 483. The van der Waals surface area contributed by atoms with Crippen LogP contribution in [0.4, 0.5) is 4.79 Å². The number of imide groups is 1. The molecule has 98 valence electrons. The van der Waals surface area contributed by atoms with E-state index < -0.39 is 17.2 Å². The van der Waals surface area contributed by atoms with Crippen molar-refractivity contribution in [3.05, 3.63) is 5.82 Å². The van der Waals surface area contributed by atoms with E-state index in [1.54, 1.807) is 6.92 Å². The van der Waals surface area contributed by atoms with Gasteiger partial charge in [-0.15, -0.1) is 10.2 Å². The summed E-state index contributed by atoms with van der Waals surface area (Å²) in [6, 6.07) is -0.843. The first-order valence-electron chi connectivity index (χ1n) is 5.65. The smallest absolute Gasteiger partial charge is 0.318 e. The number of carbonyl (C=O) groups is 2. The van der Waals surface area contributed by atoms with Crippen LogP contribution in [0.25, 0.3) is 0 Å². The molecule has 0 radical (unpaired) electrons. The molecule has 3 N–H and O–H groups in total. The van der Waals surface area contributed by atoms with Crippen LogP contribution in [0.15, 0.2) is 5.16 Å². The Balaban J connectivity index is 2.00. The van der Waals surface area contributed by atoms with E-state index in [2.05, 4.69) is 10.2 Å². The molecule has 0 aromatic carbocycles. The Kier molecular flexibility index (Phi) is 3.55. The quantitative estimate of drug-likeness (QED) is 0.769. The molecular weight excluding hydrogens is 254 g/mol. The van der Waals surface area contributed by atoms with Gasteiger partial charge in [-0.2, -0.15) is 0 Å². The van der Waals surface area contributed by atoms with Crippen LogP contribution in [0.3, 0.4) is 0 Å². The second-order valence-corrected chi connectivity index (χ2v) is 5.60. The van der Waals surface area contributed by atoms with Gasteiger partial charge < -0.3 is 10.3 Å². The number of primary amides is 1. The third-order valence-corrected chi connectivity index (χ3v) is 3.84. The number of hydrogen-bond donors (Lipinski definition) is 2. The van der Waals surface area contributed by atoms with E-state index in [-0.39, 0.29) is 0 Å². The summed E-state index contributed by atoms with van der Waals surface area (Å²) in [7, 11) is 1.88. The van der Waals surface area contributed by atoms with Crippen molar-refractivity contribution in [1.29, 1.82) is 0 Å². The predicted molar refractivity (Wildman–Crippen MR) is 66.0 cm³/mol. The second kappa shape index (κ2) is 4.97. The molecule has 0 spiro atoms. The van der Waals surface area contributed by atoms with Crippen LogP contribution in [0, 0.1) is 0 Å². The number of nitrogens with zero attached hydrogens (tertiary/aromatic N) is 3. The molecule has 1 aromatic rings. The number of nitrogens with one attached hydrogen (secondary N) is 1. The van der Waals surface area contributed by atoms with Crippen molar-refractivity contribution < 1.29 is 9.59 Å². The Hall–Kier alpha value is -1.57. The number of aromatic nitrogens is 3. The number of amides is 3. The lowest BCUT2D eigenvalue weighted by Crippen LogP contribution is -2.39. The van der Waals surface area contributed by atoms with Crippen molar-refractivity contribution in [3.63, 3.8) is 0 Å². The summed E-state index contributed by atoms with van der Waals surface area (Å²) in [4.78, 5) is 22.1. The van der Waals surface area contributed by atoms with Crippen molar-refractivity contribution >= 4 is 23.7 Å². The summed E-state index contributed by atoms with van der Waals surface area (Å²) in [5.74, 6) is 1.04. The molecule has 8 heteroatoms. The van der Waals surface area contributed by atoms with Crippen LogP contribution in [0.1, 0.15) is 31.5 Å². The number of rotatable bonds is 4. The molecule has 18 heavy (non-hydrogen) atoms. The lowest BCUT2D eigenvalue weighted by atomic mass is 10.4. The van der Waals surface area contributed by atoms with Gasteiger partial charge in [-0.1, -0.05) is 11.8 Å². The normalized spacial score (nSPS) is 16.3. The van der Waals surface area contributed by atoms with Gasteiger partial charge in [0.25, 0.3) is 0 Å². The van der Waals surface area contributed by atoms with E-state index in [1.807, 2.05) is 16.9 Å². The van der Waals surface area contributed by atoms with E-state index in [0.717, 1.165) is 18.7 Å². The number of hydrogen-bond acceptors (Lipinski definition) is 5. The molecule has 7 nitrogen and oxygen atoms in total. The Morgan fingerprint density at radius 3 is 2.72 bits per heavy atom. The molecule has 1 aliphatic rings. The summed E-state index contributed by atoms with van der Waals surface area (Å²) >= 11 is 1.26. The fourth-order valence-corrected chi connectivity index (χ4v) is 2.38. The molecule has 1 atom stereocenters. The number of urea groups is 1. The van der Waals surface area contributed by atoms with Gasteiger partial charge in [0.2, 0.25) is 5.91 Å². The molecule has 1 aliphatic carbocycles. The molecule has 1 heterocycles. The fraction of sp³-hybridized carbons (Fsp3) is 0.600. The third kappa shape index (κ3) is 2.81. The topological polar surface area (TPSA) is 103 Å². The van der Waals surface area contributed by atoms with Gasteiger partial charge in [0.1, 0.15) is 5.82 Å². The highest BCUT2D eigenvalue weighted by molar-refractivity contribution is 8.00. The van der Waals surface area contributed by atoms with Crippen molar-refractivity contribution in [3.8, 4) is 0 Å². The predicted octanol–water partition coefficient (Wildman–Crippen LogP) is 0.368. The molecule has 1 saturated carbocycles. The molecule has 2 rings (SSSR count). The molecular formula is C10H15N5O2S. The lowest BCUT2D eigenvalue weighted by Gasteiger charge is -2.09. The van der Waals surface area contributed by atoms with E-state index in [0.29, 0.717) is 11.1 Å². The van der Waals surface area contributed by atoms with Crippen LogP contribution in [0.2, 0.25) is 0 Å². The first-order valence-corrected chi connectivity index (χ1v) is 6.53. The van der Waals surface area contributed by atoms with E-state index in [9.17, 15) is 9.59 Å². The molecule has 0 saturated heterocycles. The van der Waals surface area contributed by atoms with Crippen molar-refractivity contribution in [2.24, 2.45) is 12.8 Å². The van der Waals surface area contributed by atoms with Crippen LogP contribution in [0.5, 0.6) is 0 Å². The maximum Gasteiger partial charge on any atom is 0.318 e. The molecule has 0 bridgehead atoms. The van der Waals surface area contributed by atoms with Gasteiger partial charge >= 0.3 is 6.03 Å². The first-order chi connectivity index (χ1) is 8.49. The van der Waals surface area contributed by atoms with E-state index in [4.69, 9.17) is 5.73 Å². The van der Waals surface area contributed by atoms with Crippen LogP contribution in [-0.4, -0.2) is 32.0 Å². The average Bonchev–Trinajstić information content (AvgIpc) is 3.05. The first kappa shape index (κ1) is 12.9. The zero-order chi connectivity index (χ0) is 13.3. The van der Waals surface area contributed by atoms with E-state index >= 15 is 0 Å². The molecule has 0 aliphatic heterocycles. The Labute approximate surface area is 109 Å². The van der Waals surface area contributed by atoms with Gasteiger partial charge in [-0.05, 0) is 19.8 Å². The summed E-state index contributed by atoms with van der Waals surface area (Å²) in [5.41, 5.74) is 4.89. The minimum atomic E-state index is -0.843. The molecule has 1 aromatic heterocycles. The minimum absolute atomic E-state index is 0.427. The highest BCUT2D eigenvalue weighted by Gasteiger charge is 2.30. The van der Waals surface area contributed by atoms with Crippen LogP contribution < -0.4 is 11.1 Å². The van der Waals surface area contributed by atoms with E-state index in [1.165, 1.54) is 11.8 Å². The average molecular weight is 269 g/mol. The van der Waals surface area contributed by atoms with Crippen LogP contribution >= 0.6 is 11.8 Å². The molecule has 1 unspecified atom stereocenters. The van der Waals surface area contributed by atoms with Gasteiger partial charge in [0.15, 0.2) is 5.16 Å². The highest BCUT2D eigenvalue weighted by atomic mass is 32.2. The Morgan fingerprint density at radius 2 is 2.17 bits per heavy atom. The van der Waals surface area contributed by atoms with Crippen molar-refractivity contribution in [2.75, 3.05) is 0 Å². The summed E-state index contributed by atoms with van der Waals surface area (Å²) in [6.07, 6.45) is 2.29. The standard InChI is InChI=1S/C10H15N5O2S/c1-5(8(16)12-9(11)17)18-10-14-13-7(15(10)2)6-3-4-6/h5-6H,3-4H2,1-2H3,(H3,11,12,16,17). The van der Waals surface area contributed by atoms with Gasteiger partial charge in [-0.3, -0.25) is 10.1 Å². The zero-order valence-electron chi connectivity index (χ0n) is 10.2. The van der Waals surface area contributed by atoms with Gasteiger partial charge in [-0.25, -0.2) is 4.79 Å². The summed E-state index contributed by atoms with van der Waals surface area (Å²) in [5, 5.41) is 10.4. The summed E-state index contributed by atoms with van der Waals surface area (Å²) in [6.45, 7) is 1.69. The molecule has 3 amide bonds. The lowest BCUT2D eigenvalue weighted by molar-refractivity contribution is -0.119. The summed E-state index contributed by atoms with van der Waals surface area (Å²) < 4.78 is 1.90. The van der Waals surface area contributed by atoms with Crippen molar-refractivity contribution in [2.45, 2.75) is 36.1 Å². The monoisotopic (exact) mass is 269 g/mol. The second-order valence-electron chi connectivity index (χ2n) is 4.29. The third-order valence-electron chi connectivity index (χ3n) is 2.71. The Morgan fingerprint density at radius 1 is 1.50 bits per heavy atom. The minimum Gasteiger partial charge on any atom is -0.351 e. The number of nitrogens with two attached hydrogens (primary N) is 1. The largest absolute Gasteiger partial charge is 0.351 e. The maximum atomic E-state index is 11.5. The SMILES string of the molecule is CC(Sc1nnc(C2CC2)n1C)C(=O)NC(N)=O. The van der Waals surface area contributed by atoms with Crippen molar-refractivity contribution in [1.82, 2.24) is 20.1 Å². The number of carbonyl (C=O) groups excluding carboxylic acids is 2.